The van der Waals surface area contributed by atoms with Crippen molar-refractivity contribution in [2.45, 2.75) is 36.6 Å². The monoisotopic (exact) mass is 361 g/mol. The van der Waals surface area contributed by atoms with Crippen LogP contribution in [0.4, 0.5) is 5.82 Å². The number of benzene rings is 1. The van der Waals surface area contributed by atoms with E-state index in [4.69, 9.17) is 0 Å². The van der Waals surface area contributed by atoms with E-state index in [-0.39, 0.29) is 34.8 Å². The number of aromatic nitrogens is 1. The Kier molecular flexibility index (Phi) is 5.00. The molecule has 7 nitrogen and oxygen atoms in total. The molecule has 1 fully saturated rings. The summed E-state index contributed by atoms with van der Waals surface area (Å²) in [6.45, 7) is 0. The molecule has 1 aliphatic carbocycles. The Morgan fingerprint density at radius 3 is 2.56 bits per heavy atom. The molecule has 0 atom stereocenters. The highest BCUT2D eigenvalue weighted by Gasteiger charge is 2.27. The average molecular weight is 361 g/mol. The lowest BCUT2D eigenvalue weighted by Gasteiger charge is -2.08. The summed E-state index contributed by atoms with van der Waals surface area (Å²) >= 11 is 0. The maximum absolute atomic E-state index is 12.1. The van der Waals surface area contributed by atoms with Crippen molar-refractivity contribution in [2.75, 3.05) is 5.32 Å². The number of carbonyl (C=O) groups excluding carboxylic acids is 1. The molecular formula is C17H19N3O4S. The Balaban J connectivity index is 1.55. The molecule has 25 heavy (non-hydrogen) atoms. The highest BCUT2D eigenvalue weighted by molar-refractivity contribution is 7.89. The minimum atomic E-state index is -3.46. The van der Waals surface area contributed by atoms with Crippen LogP contribution in [0.2, 0.25) is 0 Å². The van der Waals surface area contributed by atoms with Crippen LogP contribution in [-0.4, -0.2) is 30.5 Å². The van der Waals surface area contributed by atoms with Crippen molar-refractivity contribution in [3.8, 4) is 5.75 Å². The van der Waals surface area contributed by atoms with E-state index in [1.165, 1.54) is 12.3 Å². The second kappa shape index (κ2) is 7.20. The first-order valence-corrected chi connectivity index (χ1v) is 9.47. The molecule has 132 valence electrons. The molecule has 3 N–H and O–H groups in total. The number of rotatable bonds is 7. The van der Waals surface area contributed by atoms with Gasteiger partial charge in [0.25, 0.3) is 0 Å². The van der Waals surface area contributed by atoms with E-state index >= 15 is 0 Å². The number of pyridine rings is 1. The molecule has 3 rings (SSSR count). The van der Waals surface area contributed by atoms with Crippen molar-refractivity contribution < 1.29 is 18.3 Å². The molecule has 1 amide bonds. The fourth-order valence-corrected chi connectivity index (χ4v) is 3.57. The Morgan fingerprint density at radius 1 is 1.20 bits per heavy atom. The van der Waals surface area contributed by atoms with Crippen LogP contribution in [0.3, 0.4) is 0 Å². The van der Waals surface area contributed by atoms with E-state index in [9.17, 15) is 18.3 Å². The lowest BCUT2D eigenvalue weighted by atomic mass is 10.1. The molecule has 0 aliphatic heterocycles. The second-order valence-electron chi connectivity index (χ2n) is 5.96. The van der Waals surface area contributed by atoms with Crippen LogP contribution in [0.5, 0.6) is 5.75 Å². The molecule has 8 heteroatoms. The van der Waals surface area contributed by atoms with Crippen molar-refractivity contribution in [1.29, 1.82) is 0 Å². The van der Waals surface area contributed by atoms with Crippen LogP contribution in [0.15, 0.2) is 47.5 Å². The van der Waals surface area contributed by atoms with Gasteiger partial charge in [-0.05, 0) is 49.1 Å². The molecule has 0 unspecified atom stereocenters. The van der Waals surface area contributed by atoms with Gasteiger partial charge in [0, 0.05) is 18.7 Å². The zero-order chi connectivity index (χ0) is 17.9. The summed E-state index contributed by atoms with van der Waals surface area (Å²) in [5.74, 6) is -0.241. The maximum Gasteiger partial charge on any atom is 0.240 e. The van der Waals surface area contributed by atoms with E-state index in [1.54, 1.807) is 30.3 Å². The van der Waals surface area contributed by atoms with Crippen molar-refractivity contribution in [2.24, 2.45) is 0 Å². The lowest BCUT2D eigenvalue weighted by molar-refractivity contribution is -0.116. The zero-order valence-corrected chi connectivity index (χ0v) is 14.3. The SMILES string of the molecule is O=C(CCc1ccc(S(=O)(=O)NC2CC2)cc1)Nc1ncccc1O. The molecule has 1 aromatic carbocycles. The Morgan fingerprint density at radius 2 is 1.92 bits per heavy atom. The number of sulfonamides is 1. The van der Waals surface area contributed by atoms with Gasteiger partial charge in [0.15, 0.2) is 11.6 Å². The van der Waals surface area contributed by atoms with Crippen molar-refractivity contribution in [3.63, 3.8) is 0 Å². The molecule has 0 saturated heterocycles. The first-order chi connectivity index (χ1) is 11.9. The normalized spacial score (nSPS) is 14.2. The Labute approximate surface area is 146 Å². The molecule has 1 aliphatic rings. The van der Waals surface area contributed by atoms with Gasteiger partial charge in [-0.1, -0.05) is 12.1 Å². The van der Waals surface area contributed by atoms with Crippen LogP contribution in [-0.2, 0) is 21.2 Å². The van der Waals surface area contributed by atoms with Gasteiger partial charge in [0.1, 0.15) is 0 Å². The molecule has 1 heterocycles. The largest absolute Gasteiger partial charge is 0.504 e. The predicted molar refractivity (Wildman–Crippen MR) is 92.6 cm³/mol. The average Bonchev–Trinajstić information content (AvgIpc) is 3.39. The molecule has 2 aromatic rings. The number of nitrogens with one attached hydrogen (secondary N) is 2. The van der Waals surface area contributed by atoms with Gasteiger partial charge in [-0.3, -0.25) is 4.79 Å². The minimum Gasteiger partial charge on any atom is -0.504 e. The maximum atomic E-state index is 12.1. The van der Waals surface area contributed by atoms with Crippen molar-refractivity contribution >= 4 is 21.7 Å². The highest BCUT2D eigenvalue weighted by atomic mass is 32.2. The summed E-state index contributed by atoms with van der Waals surface area (Å²) in [7, 11) is -3.46. The zero-order valence-electron chi connectivity index (χ0n) is 13.5. The predicted octanol–water partition coefficient (Wildman–Crippen LogP) is 1.80. The van der Waals surface area contributed by atoms with E-state index in [0.717, 1.165) is 18.4 Å². The van der Waals surface area contributed by atoms with Crippen LogP contribution in [0, 0.1) is 0 Å². The third-order valence-corrected chi connectivity index (χ3v) is 5.35. The van der Waals surface area contributed by atoms with E-state index in [0.29, 0.717) is 6.42 Å². The lowest BCUT2D eigenvalue weighted by Crippen LogP contribution is -2.25. The van der Waals surface area contributed by atoms with Crippen molar-refractivity contribution in [1.82, 2.24) is 9.71 Å². The summed E-state index contributed by atoms with van der Waals surface area (Å²) in [4.78, 5) is 16.0. The first kappa shape index (κ1) is 17.4. The standard InChI is InChI=1S/C17H19N3O4S/c21-15-2-1-11-18-17(15)19-16(22)10-5-12-3-8-14(9-4-12)25(23,24)20-13-6-7-13/h1-4,8-9,11,13,20-21H,5-7,10H2,(H,18,19,22). The number of aromatic hydroxyl groups is 1. The number of anilines is 1. The third kappa shape index (κ3) is 4.77. The molecule has 0 spiro atoms. The number of amides is 1. The van der Waals surface area contributed by atoms with Gasteiger partial charge in [-0.2, -0.15) is 0 Å². The van der Waals surface area contributed by atoms with Gasteiger partial charge in [0.05, 0.1) is 4.90 Å². The van der Waals surface area contributed by atoms with Crippen LogP contribution in [0.1, 0.15) is 24.8 Å². The summed E-state index contributed by atoms with van der Waals surface area (Å²) < 4.78 is 26.8. The quantitative estimate of drug-likeness (QED) is 0.697. The number of hydrogen-bond acceptors (Lipinski definition) is 5. The third-order valence-electron chi connectivity index (χ3n) is 3.82. The molecule has 1 aromatic heterocycles. The number of hydrogen-bond donors (Lipinski definition) is 3. The highest BCUT2D eigenvalue weighted by Crippen LogP contribution is 2.22. The topological polar surface area (TPSA) is 108 Å². The van der Waals surface area contributed by atoms with Gasteiger partial charge in [-0.25, -0.2) is 18.1 Å². The first-order valence-electron chi connectivity index (χ1n) is 7.99. The fourth-order valence-electron chi connectivity index (χ4n) is 2.27. The van der Waals surface area contributed by atoms with Crippen LogP contribution < -0.4 is 10.0 Å². The van der Waals surface area contributed by atoms with E-state index in [2.05, 4.69) is 15.0 Å². The molecule has 0 radical (unpaired) electrons. The van der Waals surface area contributed by atoms with Crippen LogP contribution >= 0.6 is 0 Å². The van der Waals surface area contributed by atoms with Crippen molar-refractivity contribution in [3.05, 3.63) is 48.2 Å². The smallest absolute Gasteiger partial charge is 0.240 e. The summed E-state index contributed by atoms with van der Waals surface area (Å²) in [6, 6.07) is 9.57. The Hall–Kier alpha value is -2.45. The van der Waals surface area contributed by atoms with Crippen LogP contribution in [0.25, 0.3) is 0 Å². The molecular weight excluding hydrogens is 342 g/mol. The second-order valence-corrected chi connectivity index (χ2v) is 7.67. The van der Waals surface area contributed by atoms with Gasteiger partial charge in [0.2, 0.25) is 15.9 Å². The number of carbonyl (C=O) groups is 1. The summed E-state index contributed by atoms with van der Waals surface area (Å²) in [5, 5.41) is 12.1. The minimum absolute atomic E-state index is 0.0661. The number of aryl methyl sites for hydroxylation is 1. The van der Waals surface area contributed by atoms with Gasteiger partial charge in [-0.15, -0.1) is 0 Å². The van der Waals surface area contributed by atoms with E-state index < -0.39 is 10.0 Å². The molecule has 0 bridgehead atoms. The number of nitrogens with zero attached hydrogens (tertiary/aromatic N) is 1. The van der Waals surface area contributed by atoms with Gasteiger partial charge < -0.3 is 10.4 Å². The van der Waals surface area contributed by atoms with E-state index in [1.807, 2.05) is 0 Å². The Bertz CT molecular complexity index is 862. The summed E-state index contributed by atoms with van der Waals surface area (Å²) in [5.41, 5.74) is 0.853. The van der Waals surface area contributed by atoms with Gasteiger partial charge >= 0.3 is 0 Å². The molecule has 1 saturated carbocycles. The summed E-state index contributed by atoms with van der Waals surface area (Å²) in [6.07, 6.45) is 3.90. The fraction of sp³-hybridized carbons (Fsp3) is 0.294.